The summed E-state index contributed by atoms with van der Waals surface area (Å²) < 4.78 is 8.49. The van der Waals surface area contributed by atoms with Gasteiger partial charge in [-0.3, -0.25) is 4.57 Å². The third-order valence-corrected chi connectivity index (χ3v) is 7.01. The van der Waals surface area contributed by atoms with Crippen molar-refractivity contribution < 1.29 is 4.43 Å². The highest BCUT2D eigenvalue weighted by molar-refractivity contribution is 6.76. The lowest BCUT2D eigenvalue weighted by atomic mass is 10.4. The van der Waals surface area contributed by atoms with Crippen molar-refractivity contribution in [2.24, 2.45) is 0 Å². The van der Waals surface area contributed by atoms with Crippen LogP contribution in [0.2, 0.25) is 6.04 Å². The maximum absolute atomic E-state index is 6.01. The number of hydrogen-bond acceptors (Lipinski definition) is 2. The van der Waals surface area contributed by atoms with Crippen molar-refractivity contribution in [2.75, 3.05) is 19.7 Å². The van der Waals surface area contributed by atoms with E-state index in [1.54, 1.807) is 0 Å². The Morgan fingerprint density at radius 1 is 1.38 bits per heavy atom. The van der Waals surface area contributed by atoms with Gasteiger partial charge in [-0.1, -0.05) is 19.5 Å². The standard InChI is InChI=1S/C10H21NOSi/c1-4-11(5-2)13(6-3)10-8-7-9-12-13/h6H,3-5,7-10H2,1-2H3. The van der Waals surface area contributed by atoms with Gasteiger partial charge in [0.1, 0.15) is 0 Å². The molecule has 0 N–H and O–H groups in total. The van der Waals surface area contributed by atoms with Crippen LogP contribution in [-0.4, -0.2) is 32.7 Å². The molecule has 1 unspecified atom stereocenters. The molecule has 0 amide bonds. The first-order valence-electron chi connectivity index (χ1n) is 5.31. The van der Waals surface area contributed by atoms with E-state index in [2.05, 4.69) is 30.7 Å². The largest absolute Gasteiger partial charge is 0.400 e. The molecule has 1 saturated heterocycles. The molecule has 1 atom stereocenters. The average molecular weight is 199 g/mol. The van der Waals surface area contributed by atoms with Crippen LogP contribution in [0.1, 0.15) is 26.7 Å². The van der Waals surface area contributed by atoms with Gasteiger partial charge in [-0.05, 0) is 32.0 Å². The quantitative estimate of drug-likeness (QED) is 0.644. The van der Waals surface area contributed by atoms with E-state index < -0.39 is 8.48 Å². The first kappa shape index (κ1) is 11.0. The fraction of sp³-hybridized carbons (Fsp3) is 0.800. The molecule has 1 heterocycles. The minimum atomic E-state index is -1.69. The third kappa shape index (κ3) is 2.21. The minimum Gasteiger partial charge on any atom is -0.400 e. The summed E-state index contributed by atoms with van der Waals surface area (Å²) in [5, 5.41) is 0. The molecule has 2 nitrogen and oxygen atoms in total. The van der Waals surface area contributed by atoms with E-state index in [1.807, 2.05) is 0 Å². The molecule has 0 aromatic rings. The lowest BCUT2D eigenvalue weighted by Crippen LogP contribution is -2.56. The zero-order valence-electron chi connectivity index (χ0n) is 8.88. The van der Waals surface area contributed by atoms with Crippen molar-refractivity contribution in [3.8, 4) is 0 Å². The Morgan fingerprint density at radius 3 is 2.46 bits per heavy atom. The van der Waals surface area contributed by atoms with Crippen LogP contribution in [0.3, 0.4) is 0 Å². The van der Waals surface area contributed by atoms with Crippen LogP contribution >= 0.6 is 0 Å². The molecule has 1 aliphatic rings. The van der Waals surface area contributed by atoms with E-state index in [0.717, 1.165) is 19.7 Å². The Morgan fingerprint density at radius 2 is 2.08 bits per heavy atom. The molecule has 0 aliphatic carbocycles. The molecule has 0 saturated carbocycles. The van der Waals surface area contributed by atoms with Gasteiger partial charge in [0, 0.05) is 6.61 Å². The molecule has 0 bridgehead atoms. The fourth-order valence-corrected chi connectivity index (χ4v) is 5.65. The van der Waals surface area contributed by atoms with Gasteiger partial charge in [0.2, 0.25) is 0 Å². The van der Waals surface area contributed by atoms with Gasteiger partial charge >= 0.3 is 0 Å². The average Bonchev–Trinajstić information content (AvgIpc) is 2.21. The summed E-state index contributed by atoms with van der Waals surface area (Å²) in [5.41, 5.74) is 2.11. The van der Waals surface area contributed by atoms with E-state index >= 15 is 0 Å². The van der Waals surface area contributed by atoms with Gasteiger partial charge < -0.3 is 4.43 Å². The first-order chi connectivity index (χ1) is 6.29. The molecular weight excluding hydrogens is 178 g/mol. The van der Waals surface area contributed by atoms with Crippen LogP contribution in [-0.2, 0) is 4.43 Å². The Kier molecular flexibility index (Phi) is 4.16. The molecule has 1 rings (SSSR count). The fourth-order valence-electron chi connectivity index (χ4n) is 2.10. The SMILES string of the molecule is C=C[Si]1(N(CC)CC)CCCCO1. The van der Waals surface area contributed by atoms with Crippen LogP contribution in [0, 0.1) is 0 Å². The normalized spacial score (nSPS) is 29.2. The second kappa shape index (κ2) is 4.93. The molecule has 1 fully saturated rings. The summed E-state index contributed by atoms with van der Waals surface area (Å²) in [6.45, 7) is 11.5. The van der Waals surface area contributed by atoms with Crippen LogP contribution < -0.4 is 0 Å². The van der Waals surface area contributed by atoms with Gasteiger partial charge in [-0.15, -0.1) is 6.58 Å². The van der Waals surface area contributed by atoms with Gasteiger partial charge in [0.05, 0.1) is 0 Å². The monoisotopic (exact) mass is 199 g/mol. The van der Waals surface area contributed by atoms with Crippen LogP contribution in [0.25, 0.3) is 0 Å². The molecule has 0 radical (unpaired) electrons. The Labute approximate surface area is 82.8 Å². The third-order valence-electron chi connectivity index (χ3n) is 2.90. The Hall–Kier alpha value is -0.123. The van der Waals surface area contributed by atoms with Crippen molar-refractivity contribution in [3.05, 3.63) is 12.3 Å². The zero-order valence-corrected chi connectivity index (χ0v) is 9.88. The van der Waals surface area contributed by atoms with Crippen molar-refractivity contribution >= 4 is 8.48 Å². The molecular formula is C10H21NOSi. The summed E-state index contributed by atoms with van der Waals surface area (Å²) in [6.07, 6.45) is 2.54. The number of rotatable bonds is 4. The number of hydrogen-bond donors (Lipinski definition) is 0. The highest BCUT2D eigenvalue weighted by atomic mass is 28.4. The van der Waals surface area contributed by atoms with Crippen LogP contribution in [0.5, 0.6) is 0 Å². The molecule has 13 heavy (non-hydrogen) atoms. The minimum absolute atomic E-state index is 0.939. The molecule has 0 aromatic heterocycles. The molecule has 0 spiro atoms. The zero-order chi connectivity index (χ0) is 9.73. The maximum atomic E-state index is 6.01. The van der Waals surface area contributed by atoms with E-state index in [9.17, 15) is 0 Å². The van der Waals surface area contributed by atoms with Crippen molar-refractivity contribution in [3.63, 3.8) is 0 Å². The second-order valence-corrected chi connectivity index (χ2v) is 7.05. The topological polar surface area (TPSA) is 12.5 Å². The first-order valence-corrected chi connectivity index (χ1v) is 7.45. The number of nitrogens with zero attached hydrogens (tertiary/aromatic N) is 1. The van der Waals surface area contributed by atoms with Gasteiger partial charge in [0.25, 0.3) is 8.48 Å². The van der Waals surface area contributed by atoms with Crippen LogP contribution in [0.15, 0.2) is 12.3 Å². The maximum Gasteiger partial charge on any atom is 0.296 e. The predicted molar refractivity (Wildman–Crippen MR) is 58.9 cm³/mol. The summed E-state index contributed by atoms with van der Waals surface area (Å²) >= 11 is 0. The summed E-state index contributed by atoms with van der Waals surface area (Å²) in [6, 6.07) is 1.23. The molecule has 76 valence electrons. The lowest BCUT2D eigenvalue weighted by Gasteiger charge is -2.40. The molecule has 1 aliphatic heterocycles. The van der Waals surface area contributed by atoms with Gasteiger partial charge in [0.15, 0.2) is 0 Å². The van der Waals surface area contributed by atoms with E-state index in [0.29, 0.717) is 0 Å². The van der Waals surface area contributed by atoms with Crippen molar-refractivity contribution in [1.82, 2.24) is 4.57 Å². The summed E-state index contributed by atoms with van der Waals surface area (Å²) in [4.78, 5) is 0. The second-order valence-electron chi connectivity index (χ2n) is 3.53. The predicted octanol–water partition coefficient (Wildman–Crippen LogP) is 2.31. The van der Waals surface area contributed by atoms with Gasteiger partial charge in [-0.25, -0.2) is 0 Å². The van der Waals surface area contributed by atoms with E-state index in [1.165, 1.54) is 18.9 Å². The lowest BCUT2D eigenvalue weighted by molar-refractivity contribution is 0.221. The molecule has 0 aromatic carbocycles. The van der Waals surface area contributed by atoms with Gasteiger partial charge in [-0.2, -0.15) is 0 Å². The van der Waals surface area contributed by atoms with E-state index in [-0.39, 0.29) is 0 Å². The summed E-state index contributed by atoms with van der Waals surface area (Å²) in [5.74, 6) is 0. The highest BCUT2D eigenvalue weighted by Gasteiger charge is 2.39. The van der Waals surface area contributed by atoms with Crippen molar-refractivity contribution in [2.45, 2.75) is 32.7 Å². The van der Waals surface area contributed by atoms with E-state index in [4.69, 9.17) is 4.43 Å². The Bertz CT molecular complexity index is 162. The van der Waals surface area contributed by atoms with Crippen LogP contribution in [0.4, 0.5) is 0 Å². The summed E-state index contributed by atoms with van der Waals surface area (Å²) in [7, 11) is -1.69. The molecule has 3 heteroatoms. The van der Waals surface area contributed by atoms with Crippen molar-refractivity contribution in [1.29, 1.82) is 0 Å². The Balaban J connectivity index is 2.70. The highest BCUT2D eigenvalue weighted by Crippen LogP contribution is 2.25. The smallest absolute Gasteiger partial charge is 0.296 e.